The third-order valence-electron chi connectivity index (χ3n) is 2.01. The Kier molecular flexibility index (Phi) is 7.72. The zero-order valence-corrected chi connectivity index (χ0v) is 10.4. The Morgan fingerprint density at radius 3 is 2.44 bits per heavy atom. The Balaban J connectivity index is 0.00000225. The predicted molar refractivity (Wildman–Crippen MR) is 65.5 cm³/mol. The summed E-state index contributed by atoms with van der Waals surface area (Å²) >= 11 is 0. The Morgan fingerprint density at radius 2 is 1.88 bits per heavy atom. The van der Waals surface area contributed by atoms with Crippen LogP contribution >= 0.6 is 12.4 Å². The van der Waals surface area contributed by atoms with E-state index in [4.69, 9.17) is 19.9 Å². The number of methoxy groups -OCH3 is 2. The molecule has 0 saturated carbocycles. The highest BCUT2D eigenvalue weighted by Crippen LogP contribution is 2.27. The van der Waals surface area contributed by atoms with Gasteiger partial charge in [0, 0.05) is 13.7 Å². The minimum atomic E-state index is 0. The first-order valence-corrected chi connectivity index (χ1v) is 4.80. The van der Waals surface area contributed by atoms with E-state index in [2.05, 4.69) is 0 Å². The van der Waals surface area contributed by atoms with Crippen LogP contribution in [-0.2, 0) is 11.3 Å². The average molecular weight is 248 g/mol. The number of benzene rings is 1. The van der Waals surface area contributed by atoms with E-state index in [1.165, 1.54) is 0 Å². The molecule has 0 heterocycles. The summed E-state index contributed by atoms with van der Waals surface area (Å²) in [6.07, 6.45) is 0. The van der Waals surface area contributed by atoms with Gasteiger partial charge in [0.2, 0.25) is 0 Å². The van der Waals surface area contributed by atoms with Gasteiger partial charge in [-0.1, -0.05) is 6.07 Å². The van der Waals surface area contributed by atoms with Crippen molar-refractivity contribution in [1.82, 2.24) is 0 Å². The second kappa shape index (κ2) is 8.21. The van der Waals surface area contributed by atoms with E-state index in [1.54, 1.807) is 14.2 Å². The van der Waals surface area contributed by atoms with E-state index in [0.29, 0.717) is 31.3 Å². The lowest BCUT2D eigenvalue weighted by Gasteiger charge is -2.11. The van der Waals surface area contributed by atoms with Crippen molar-refractivity contribution < 1.29 is 14.2 Å². The number of nitrogens with two attached hydrogens (primary N) is 1. The van der Waals surface area contributed by atoms with Gasteiger partial charge in [-0.15, -0.1) is 12.4 Å². The van der Waals surface area contributed by atoms with Gasteiger partial charge in [0.05, 0.1) is 13.7 Å². The second-order valence-electron chi connectivity index (χ2n) is 3.03. The lowest BCUT2D eigenvalue weighted by molar-refractivity contribution is 0.144. The Hall–Kier alpha value is -0.970. The van der Waals surface area contributed by atoms with Crippen molar-refractivity contribution >= 4 is 12.4 Å². The molecule has 1 aromatic rings. The van der Waals surface area contributed by atoms with Crippen LogP contribution in [-0.4, -0.2) is 27.4 Å². The summed E-state index contributed by atoms with van der Waals surface area (Å²) in [5, 5.41) is 0. The molecule has 0 spiro atoms. The summed E-state index contributed by atoms with van der Waals surface area (Å²) in [7, 11) is 3.25. The van der Waals surface area contributed by atoms with Gasteiger partial charge < -0.3 is 19.9 Å². The molecule has 5 heteroatoms. The van der Waals surface area contributed by atoms with E-state index in [9.17, 15) is 0 Å². The van der Waals surface area contributed by atoms with Gasteiger partial charge in [0.25, 0.3) is 0 Å². The van der Waals surface area contributed by atoms with Crippen LogP contribution in [0.25, 0.3) is 0 Å². The van der Waals surface area contributed by atoms with Gasteiger partial charge in [-0.25, -0.2) is 0 Å². The van der Waals surface area contributed by atoms with Gasteiger partial charge in [-0.3, -0.25) is 0 Å². The van der Waals surface area contributed by atoms with Crippen molar-refractivity contribution in [2.24, 2.45) is 5.73 Å². The van der Waals surface area contributed by atoms with E-state index in [1.807, 2.05) is 18.2 Å². The second-order valence-corrected chi connectivity index (χ2v) is 3.03. The van der Waals surface area contributed by atoms with Gasteiger partial charge in [-0.05, 0) is 17.7 Å². The fourth-order valence-electron chi connectivity index (χ4n) is 1.19. The highest BCUT2D eigenvalue weighted by atomic mass is 35.5. The topological polar surface area (TPSA) is 53.7 Å². The molecule has 16 heavy (non-hydrogen) atoms. The van der Waals surface area contributed by atoms with Crippen molar-refractivity contribution in [3.05, 3.63) is 23.8 Å². The maximum atomic E-state index is 5.53. The van der Waals surface area contributed by atoms with Crippen LogP contribution in [0.2, 0.25) is 0 Å². The number of ether oxygens (including phenoxy) is 3. The van der Waals surface area contributed by atoms with E-state index in [0.717, 1.165) is 5.56 Å². The van der Waals surface area contributed by atoms with Crippen LogP contribution in [0.15, 0.2) is 18.2 Å². The molecule has 1 rings (SSSR count). The zero-order chi connectivity index (χ0) is 11.1. The normalized spacial score (nSPS) is 9.44. The monoisotopic (exact) mass is 247 g/mol. The summed E-state index contributed by atoms with van der Waals surface area (Å²) in [5.74, 6) is 1.42. The van der Waals surface area contributed by atoms with Crippen molar-refractivity contribution in [2.75, 3.05) is 27.4 Å². The molecular weight excluding hydrogens is 230 g/mol. The van der Waals surface area contributed by atoms with E-state index >= 15 is 0 Å². The molecule has 0 bridgehead atoms. The summed E-state index contributed by atoms with van der Waals surface area (Å²) in [5.41, 5.74) is 6.55. The first kappa shape index (κ1) is 15.0. The van der Waals surface area contributed by atoms with Gasteiger partial charge in [0.1, 0.15) is 6.61 Å². The Bertz CT molecular complexity index is 307. The standard InChI is InChI=1S/C11H17NO3.ClH/c1-13-5-6-15-10-4-3-9(8-12)7-11(10)14-2;/h3-4,7H,5-6,8,12H2,1-2H3;1H. The van der Waals surface area contributed by atoms with Gasteiger partial charge in [-0.2, -0.15) is 0 Å². The molecule has 4 nitrogen and oxygen atoms in total. The molecule has 0 saturated heterocycles. The Labute approximate surface area is 102 Å². The number of hydrogen-bond acceptors (Lipinski definition) is 4. The van der Waals surface area contributed by atoms with Gasteiger partial charge >= 0.3 is 0 Å². The van der Waals surface area contributed by atoms with Crippen LogP contribution in [0.4, 0.5) is 0 Å². The molecule has 0 fully saturated rings. The summed E-state index contributed by atoms with van der Waals surface area (Å²) in [6, 6.07) is 5.66. The number of halogens is 1. The SMILES string of the molecule is COCCOc1ccc(CN)cc1OC.Cl. The third kappa shape index (κ3) is 4.26. The molecular formula is C11H18ClNO3. The number of hydrogen-bond donors (Lipinski definition) is 1. The lowest BCUT2D eigenvalue weighted by Crippen LogP contribution is -2.06. The first-order chi connectivity index (χ1) is 7.31. The smallest absolute Gasteiger partial charge is 0.161 e. The van der Waals surface area contributed by atoms with Crippen molar-refractivity contribution in [3.8, 4) is 11.5 Å². The first-order valence-electron chi connectivity index (χ1n) is 4.80. The molecule has 1 aromatic carbocycles. The fraction of sp³-hybridized carbons (Fsp3) is 0.455. The quantitative estimate of drug-likeness (QED) is 0.776. The largest absolute Gasteiger partial charge is 0.493 e. The summed E-state index contributed by atoms with van der Waals surface area (Å²) < 4.78 is 15.6. The summed E-state index contributed by atoms with van der Waals surface area (Å²) in [6.45, 7) is 1.56. The highest BCUT2D eigenvalue weighted by Gasteiger charge is 2.04. The molecule has 0 aromatic heterocycles. The maximum absolute atomic E-state index is 5.53. The third-order valence-corrected chi connectivity index (χ3v) is 2.01. The van der Waals surface area contributed by atoms with Crippen LogP contribution in [0, 0.1) is 0 Å². The molecule has 0 amide bonds. The average Bonchev–Trinajstić information content (AvgIpc) is 2.29. The minimum Gasteiger partial charge on any atom is -0.493 e. The zero-order valence-electron chi connectivity index (χ0n) is 9.56. The predicted octanol–water partition coefficient (Wildman–Crippen LogP) is 1.60. The van der Waals surface area contributed by atoms with Crippen molar-refractivity contribution in [2.45, 2.75) is 6.54 Å². The Morgan fingerprint density at radius 1 is 1.12 bits per heavy atom. The van der Waals surface area contributed by atoms with E-state index < -0.39 is 0 Å². The summed E-state index contributed by atoms with van der Waals surface area (Å²) in [4.78, 5) is 0. The van der Waals surface area contributed by atoms with Crippen molar-refractivity contribution in [3.63, 3.8) is 0 Å². The lowest BCUT2D eigenvalue weighted by atomic mass is 10.2. The molecule has 92 valence electrons. The molecule has 0 atom stereocenters. The van der Waals surface area contributed by atoms with Gasteiger partial charge in [0.15, 0.2) is 11.5 Å². The maximum Gasteiger partial charge on any atom is 0.161 e. The van der Waals surface area contributed by atoms with Crippen LogP contribution in [0.5, 0.6) is 11.5 Å². The fourth-order valence-corrected chi connectivity index (χ4v) is 1.19. The van der Waals surface area contributed by atoms with Crippen LogP contribution < -0.4 is 15.2 Å². The van der Waals surface area contributed by atoms with E-state index in [-0.39, 0.29) is 12.4 Å². The van der Waals surface area contributed by atoms with Crippen LogP contribution in [0.1, 0.15) is 5.56 Å². The molecule has 0 radical (unpaired) electrons. The molecule has 0 unspecified atom stereocenters. The highest BCUT2D eigenvalue weighted by molar-refractivity contribution is 5.85. The number of rotatable bonds is 6. The van der Waals surface area contributed by atoms with Crippen LogP contribution in [0.3, 0.4) is 0 Å². The molecule has 0 aliphatic carbocycles. The molecule has 0 aliphatic heterocycles. The minimum absolute atomic E-state index is 0. The van der Waals surface area contributed by atoms with Crippen molar-refractivity contribution in [1.29, 1.82) is 0 Å². The molecule has 2 N–H and O–H groups in total. The molecule has 0 aliphatic rings.